The van der Waals surface area contributed by atoms with Crippen LogP contribution in [0.1, 0.15) is 108 Å². The number of halogens is 1. The molecule has 0 aliphatic carbocycles. The van der Waals surface area contributed by atoms with Crippen LogP contribution in [-0.2, 0) is 6.42 Å². The van der Waals surface area contributed by atoms with Gasteiger partial charge in [-0.3, -0.25) is 0 Å². The first-order valence-electron chi connectivity index (χ1n) is 11.0. The van der Waals surface area contributed by atoms with E-state index < -0.39 is 0 Å². The van der Waals surface area contributed by atoms with Crippen LogP contribution in [0.5, 0.6) is 0 Å². The molecule has 0 spiro atoms. The molecule has 0 N–H and O–H groups in total. The van der Waals surface area contributed by atoms with Gasteiger partial charge in [0.15, 0.2) is 0 Å². The summed E-state index contributed by atoms with van der Waals surface area (Å²) in [5.41, 5.74) is 1.50. The fraction of sp³-hybridized carbons (Fsp3) is 0.750. The van der Waals surface area contributed by atoms with Crippen molar-refractivity contribution in [2.45, 2.75) is 109 Å². The lowest BCUT2D eigenvalue weighted by Crippen LogP contribution is -1.86. The maximum absolute atomic E-state index is 5.69. The van der Waals surface area contributed by atoms with E-state index in [1.807, 2.05) is 0 Å². The molecule has 1 aromatic carbocycles. The molecular formula is C24H41Cl. The van der Waals surface area contributed by atoms with E-state index in [0.29, 0.717) is 0 Å². The van der Waals surface area contributed by atoms with Gasteiger partial charge in [0.05, 0.1) is 0 Å². The van der Waals surface area contributed by atoms with Crippen molar-refractivity contribution in [2.24, 2.45) is 0 Å². The van der Waals surface area contributed by atoms with Crippen LogP contribution in [0.3, 0.4) is 0 Å². The molecule has 0 saturated heterocycles. The first-order valence-corrected chi connectivity index (χ1v) is 11.6. The second-order valence-electron chi connectivity index (χ2n) is 7.58. The maximum atomic E-state index is 5.69. The van der Waals surface area contributed by atoms with Crippen LogP contribution in [0, 0.1) is 0 Å². The molecule has 0 fully saturated rings. The highest BCUT2D eigenvalue weighted by molar-refractivity contribution is 6.17. The Bertz CT molecular complexity index is 360. The summed E-state index contributed by atoms with van der Waals surface area (Å²) in [5.74, 6) is 0.841. The van der Waals surface area contributed by atoms with Gasteiger partial charge in [-0.05, 0) is 24.8 Å². The summed E-state index contributed by atoms with van der Waals surface area (Å²) in [6.07, 6.45) is 23.8. The molecule has 144 valence electrons. The number of hydrogen-bond acceptors (Lipinski definition) is 0. The van der Waals surface area contributed by atoms with E-state index in [1.165, 1.54) is 115 Å². The molecular weight excluding hydrogens is 324 g/mol. The number of rotatable bonds is 18. The normalized spacial score (nSPS) is 11.1. The van der Waals surface area contributed by atoms with Crippen molar-refractivity contribution < 1.29 is 0 Å². The van der Waals surface area contributed by atoms with Crippen LogP contribution in [-0.4, -0.2) is 5.88 Å². The monoisotopic (exact) mass is 364 g/mol. The van der Waals surface area contributed by atoms with E-state index in [0.717, 1.165) is 5.88 Å². The largest absolute Gasteiger partial charge is 0.127 e. The average Bonchev–Trinajstić information content (AvgIpc) is 2.65. The van der Waals surface area contributed by atoms with Crippen molar-refractivity contribution >= 4 is 11.6 Å². The van der Waals surface area contributed by atoms with Crippen LogP contribution < -0.4 is 0 Å². The molecule has 0 aliphatic rings. The van der Waals surface area contributed by atoms with Gasteiger partial charge in [-0.2, -0.15) is 0 Å². The van der Waals surface area contributed by atoms with Gasteiger partial charge in [0.1, 0.15) is 0 Å². The quantitative estimate of drug-likeness (QED) is 0.180. The Morgan fingerprint density at radius 2 is 0.800 bits per heavy atom. The molecule has 0 aliphatic heterocycles. The van der Waals surface area contributed by atoms with Gasteiger partial charge in [0, 0.05) is 5.88 Å². The van der Waals surface area contributed by atoms with Crippen LogP contribution in [0.25, 0.3) is 0 Å². The lowest BCUT2D eigenvalue weighted by atomic mass is 10.0. The molecule has 1 aromatic rings. The Morgan fingerprint density at radius 1 is 0.440 bits per heavy atom. The zero-order valence-electron chi connectivity index (χ0n) is 16.5. The van der Waals surface area contributed by atoms with E-state index in [1.54, 1.807) is 0 Å². The number of aryl methyl sites for hydroxylation is 1. The number of benzene rings is 1. The molecule has 0 nitrogen and oxygen atoms in total. The summed E-state index contributed by atoms with van der Waals surface area (Å²) >= 11 is 5.69. The molecule has 1 heteroatoms. The highest BCUT2D eigenvalue weighted by Gasteiger charge is 1.95. The molecule has 0 atom stereocenters. The van der Waals surface area contributed by atoms with Gasteiger partial charge >= 0.3 is 0 Å². The topological polar surface area (TPSA) is 0 Å². The van der Waals surface area contributed by atoms with Crippen LogP contribution in [0.2, 0.25) is 0 Å². The lowest BCUT2D eigenvalue weighted by molar-refractivity contribution is 0.529. The predicted octanol–water partition coefficient (Wildman–Crippen LogP) is 8.71. The van der Waals surface area contributed by atoms with E-state index in [-0.39, 0.29) is 0 Å². The Morgan fingerprint density at radius 3 is 1.20 bits per heavy atom. The third kappa shape index (κ3) is 15.5. The molecule has 0 heterocycles. The minimum atomic E-state index is 0.841. The van der Waals surface area contributed by atoms with Crippen LogP contribution >= 0.6 is 11.6 Å². The van der Waals surface area contributed by atoms with Gasteiger partial charge in [-0.25, -0.2) is 0 Å². The third-order valence-corrected chi connectivity index (χ3v) is 5.46. The molecule has 0 radical (unpaired) electrons. The summed E-state index contributed by atoms with van der Waals surface area (Å²) in [6.45, 7) is 0. The van der Waals surface area contributed by atoms with E-state index in [2.05, 4.69) is 30.3 Å². The summed E-state index contributed by atoms with van der Waals surface area (Å²) in [7, 11) is 0. The number of hydrogen-bond donors (Lipinski definition) is 0. The molecule has 25 heavy (non-hydrogen) atoms. The Balaban J connectivity index is 1.69. The Hall–Kier alpha value is -0.490. The van der Waals surface area contributed by atoms with E-state index >= 15 is 0 Å². The van der Waals surface area contributed by atoms with Gasteiger partial charge in [-0.1, -0.05) is 120 Å². The molecule has 1 rings (SSSR count). The van der Waals surface area contributed by atoms with E-state index in [4.69, 9.17) is 11.6 Å². The predicted molar refractivity (Wildman–Crippen MR) is 115 cm³/mol. The highest BCUT2D eigenvalue weighted by Crippen LogP contribution is 2.14. The smallest absolute Gasteiger partial charge is 0.0223 e. The van der Waals surface area contributed by atoms with Gasteiger partial charge in [0.2, 0.25) is 0 Å². The number of alkyl halides is 1. The zero-order valence-corrected chi connectivity index (χ0v) is 17.2. The van der Waals surface area contributed by atoms with E-state index in [9.17, 15) is 0 Å². The van der Waals surface area contributed by atoms with Crippen molar-refractivity contribution in [3.05, 3.63) is 35.9 Å². The average molecular weight is 365 g/mol. The minimum Gasteiger partial charge on any atom is -0.127 e. The van der Waals surface area contributed by atoms with Crippen molar-refractivity contribution in [1.82, 2.24) is 0 Å². The molecule has 0 bridgehead atoms. The SMILES string of the molecule is ClCCCCCCCCCCCCCCCCCCc1ccccc1. The Labute approximate surface area is 162 Å². The fourth-order valence-electron chi connectivity index (χ4n) is 3.54. The highest BCUT2D eigenvalue weighted by atomic mass is 35.5. The summed E-state index contributed by atoms with van der Waals surface area (Å²) in [6, 6.07) is 10.9. The van der Waals surface area contributed by atoms with Gasteiger partial charge in [0.25, 0.3) is 0 Å². The summed E-state index contributed by atoms with van der Waals surface area (Å²) in [5, 5.41) is 0. The van der Waals surface area contributed by atoms with Crippen LogP contribution in [0.4, 0.5) is 0 Å². The Kier molecular flexibility index (Phi) is 16.5. The van der Waals surface area contributed by atoms with Crippen molar-refractivity contribution in [2.75, 3.05) is 5.88 Å². The molecule has 0 aromatic heterocycles. The van der Waals surface area contributed by atoms with Crippen molar-refractivity contribution in [3.8, 4) is 0 Å². The summed E-state index contributed by atoms with van der Waals surface area (Å²) in [4.78, 5) is 0. The number of unbranched alkanes of at least 4 members (excludes halogenated alkanes) is 15. The van der Waals surface area contributed by atoms with Crippen molar-refractivity contribution in [3.63, 3.8) is 0 Å². The summed E-state index contributed by atoms with van der Waals surface area (Å²) < 4.78 is 0. The molecule has 0 saturated carbocycles. The first-order chi connectivity index (χ1) is 12.4. The van der Waals surface area contributed by atoms with Gasteiger partial charge < -0.3 is 0 Å². The zero-order chi connectivity index (χ0) is 17.8. The minimum absolute atomic E-state index is 0.841. The lowest BCUT2D eigenvalue weighted by Gasteiger charge is -2.04. The second-order valence-corrected chi connectivity index (χ2v) is 7.96. The maximum Gasteiger partial charge on any atom is 0.0223 e. The van der Waals surface area contributed by atoms with Crippen LogP contribution in [0.15, 0.2) is 30.3 Å². The first kappa shape index (κ1) is 22.6. The molecule has 0 amide bonds. The molecule has 0 unspecified atom stereocenters. The third-order valence-electron chi connectivity index (χ3n) is 5.19. The van der Waals surface area contributed by atoms with Gasteiger partial charge in [-0.15, -0.1) is 11.6 Å². The van der Waals surface area contributed by atoms with Crippen molar-refractivity contribution in [1.29, 1.82) is 0 Å². The fourth-order valence-corrected chi connectivity index (χ4v) is 3.73. The standard InChI is InChI=1S/C24H41Cl/c25-23-19-14-12-10-8-6-4-2-1-3-5-7-9-11-13-16-20-24-21-17-15-18-22-24/h15,17-18,21-22H,1-14,16,19-20,23H2. The second kappa shape index (κ2) is 18.3.